The van der Waals surface area contributed by atoms with E-state index >= 15 is 0 Å². The molecule has 1 fully saturated rings. The van der Waals surface area contributed by atoms with E-state index in [1.54, 1.807) is 0 Å². The van der Waals surface area contributed by atoms with Crippen molar-refractivity contribution in [3.63, 3.8) is 0 Å². The van der Waals surface area contributed by atoms with Gasteiger partial charge in [-0.15, -0.1) is 0 Å². The molecule has 10 heteroatoms. The first-order valence-electron chi connectivity index (χ1n) is 8.94. The van der Waals surface area contributed by atoms with E-state index < -0.39 is 51.5 Å². The summed E-state index contributed by atoms with van der Waals surface area (Å²) in [6.07, 6.45) is 4.94. The van der Waals surface area contributed by atoms with Crippen LogP contribution in [0.2, 0.25) is 0 Å². The van der Waals surface area contributed by atoms with Crippen LogP contribution in [0.5, 0.6) is 0 Å². The molecule has 0 aromatic rings. The largest absolute Gasteiger partial charge is 0.345 e. The smallest absolute Gasteiger partial charge is 0.245 e. The van der Waals surface area contributed by atoms with Gasteiger partial charge in [-0.25, -0.2) is 8.42 Å². The van der Waals surface area contributed by atoms with Gasteiger partial charge in [0.25, 0.3) is 0 Å². The Hall–Kier alpha value is -1.91. The van der Waals surface area contributed by atoms with Gasteiger partial charge in [0.05, 0.1) is 18.6 Å². The van der Waals surface area contributed by atoms with Crippen LogP contribution in [0.25, 0.3) is 0 Å². The van der Waals surface area contributed by atoms with Crippen molar-refractivity contribution >= 4 is 33.7 Å². The van der Waals surface area contributed by atoms with Gasteiger partial charge in [-0.1, -0.05) is 13.8 Å². The Morgan fingerprint density at radius 1 is 1.41 bits per heavy atom. The van der Waals surface area contributed by atoms with E-state index in [4.69, 9.17) is 5.73 Å². The fraction of sp³-hybridized carbons (Fsp3) is 0.647. The van der Waals surface area contributed by atoms with Gasteiger partial charge in [-0.05, 0) is 37.3 Å². The maximum Gasteiger partial charge on any atom is 0.245 e. The monoisotopic (exact) mass is 398 g/mol. The highest BCUT2D eigenvalue weighted by Crippen LogP contribution is 2.19. The molecule has 27 heavy (non-hydrogen) atoms. The van der Waals surface area contributed by atoms with Gasteiger partial charge in [0, 0.05) is 12.8 Å². The minimum atomic E-state index is -4.10. The molecular weight excluding hydrogens is 372 g/mol. The number of rotatable bonds is 6. The lowest BCUT2D eigenvalue weighted by Crippen LogP contribution is -2.50. The molecule has 2 unspecified atom stereocenters. The number of aliphatic imine (C=N–C) groups is 1. The molecule has 2 heterocycles. The van der Waals surface area contributed by atoms with Crippen molar-refractivity contribution < 1.29 is 22.8 Å². The van der Waals surface area contributed by atoms with Gasteiger partial charge < -0.3 is 11.1 Å². The summed E-state index contributed by atoms with van der Waals surface area (Å²) in [6, 6.07) is -1.51. The number of hydrogen-bond donors (Lipinski definition) is 2. The first-order chi connectivity index (χ1) is 12.6. The van der Waals surface area contributed by atoms with Gasteiger partial charge in [-0.2, -0.15) is 4.31 Å². The molecule has 150 valence electrons. The molecule has 0 aliphatic carbocycles. The van der Waals surface area contributed by atoms with Crippen molar-refractivity contribution in [1.82, 2.24) is 9.62 Å². The summed E-state index contributed by atoms with van der Waals surface area (Å²) in [7, 11) is -4.10. The molecule has 2 rings (SSSR count). The van der Waals surface area contributed by atoms with Crippen LogP contribution in [0.3, 0.4) is 0 Å². The van der Waals surface area contributed by atoms with Crippen LogP contribution in [0.15, 0.2) is 17.1 Å². The standard InChI is InChI=1S/C17H26N4O5S/c1-11(2)9-12(18)16(24)20-13-5-4-8-21(10-15(13)23)27(25,26)17-14(22)6-3-7-19-17/h3,6-7,11-13,17H,4-5,8-10,18H2,1-2H3,(H,20,24)/t12-,13?,17?/m0/s1. The number of nitrogens with one attached hydrogen (secondary N) is 1. The highest BCUT2D eigenvalue weighted by atomic mass is 32.2. The van der Waals surface area contributed by atoms with E-state index in [1.165, 1.54) is 12.3 Å². The van der Waals surface area contributed by atoms with Crippen LogP contribution in [0, 0.1) is 5.92 Å². The molecule has 0 bridgehead atoms. The fourth-order valence-corrected chi connectivity index (χ4v) is 4.62. The van der Waals surface area contributed by atoms with Crippen LogP contribution in [0.1, 0.15) is 33.1 Å². The molecule has 0 spiro atoms. The third kappa shape index (κ3) is 5.30. The lowest BCUT2D eigenvalue weighted by atomic mass is 10.0. The van der Waals surface area contributed by atoms with Crippen LogP contribution in [-0.4, -0.2) is 67.0 Å². The number of amides is 1. The quantitative estimate of drug-likeness (QED) is 0.611. The molecule has 9 nitrogen and oxygen atoms in total. The molecule has 3 atom stereocenters. The number of carbonyl (C=O) groups excluding carboxylic acids is 3. The van der Waals surface area contributed by atoms with E-state index in [0.717, 1.165) is 10.4 Å². The number of ketones is 2. The lowest BCUT2D eigenvalue weighted by Gasteiger charge is -2.23. The minimum absolute atomic E-state index is 0.0848. The Kier molecular flexibility index (Phi) is 7.01. The predicted octanol–water partition coefficient (Wildman–Crippen LogP) is -0.625. The molecule has 0 radical (unpaired) electrons. The molecule has 2 aliphatic heterocycles. The summed E-state index contributed by atoms with van der Waals surface area (Å²) in [5.74, 6) is -1.25. The van der Waals surface area contributed by atoms with Crippen LogP contribution < -0.4 is 11.1 Å². The zero-order valence-electron chi connectivity index (χ0n) is 15.5. The van der Waals surface area contributed by atoms with Crippen molar-refractivity contribution in [2.24, 2.45) is 16.6 Å². The Bertz CT molecular complexity index is 759. The number of dihydropyridines is 1. The van der Waals surface area contributed by atoms with Crippen LogP contribution in [-0.2, 0) is 24.4 Å². The molecule has 3 N–H and O–H groups in total. The Balaban J connectivity index is 2.05. The summed E-state index contributed by atoms with van der Waals surface area (Å²) in [5, 5.41) is 1.08. The van der Waals surface area contributed by atoms with E-state index in [-0.39, 0.29) is 12.5 Å². The van der Waals surface area contributed by atoms with Crippen molar-refractivity contribution in [1.29, 1.82) is 0 Å². The van der Waals surface area contributed by atoms with E-state index in [1.807, 2.05) is 13.8 Å². The van der Waals surface area contributed by atoms with Crippen molar-refractivity contribution in [2.75, 3.05) is 13.1 Å². The van der Waals surface area contributed by atoms with Crippen LogP contribution in [0.4, 0.5) is 0 Å². The first-order valence-corrected chi connectivity index (χ1v) is 10.4. The van der Waals surface area contributed by atoms with E-state index in [0.29, 0.717) is 19.3 Å². The number of allylic oxidation sites excluding steroid dienone is 1. The maximum absolute atomic E-state index is 12.7. The van der Waals surface area contributed by atoms with Gasteiger partial charge in [0.1, 0.15) is 0 Å². The number of Topliss-reactive ketones (excluding diaryl/α,β-unsaturated/α-hetero) is 1. The van der Waals surface area contributed by atoms with Gasteiger partial charge in [0.15, 0.2) is 11.6 Å². The third-order valence-corrected chi connectivity index (χ3v) is 6.40. The topological polar surface area (TPSA) is 139 Å². The highest BCUT2D eigenvalue weighted by molar-refractivity contribution is 7.90. The Morgan fingerprint density at radius 3 is 2.74 bits per heavy atom. The molecular formula is C17H26N4O5S. The second-order valence-corrected chi connectivity index (χ2v) is 9.19. The number of nitrogens with zero attached hydrogens (tertiary/aromatic N) is 2. The number of nitrogens with two attached hydrogens (primary N) is 1. The molecule has 0 aromatic carbocycles. The summed E-state index contributed by atoms with van der Waals surface area (Å²) in [4.78, 5) is 40.3. The van der Waals surface area contributed by atoms with Crippen molar-refractivity contribution in [3.8, 4) is 0 Å². The maximum atomic E-state index is 12.7. The average Bonchev–Trinajstić information content (AvgIpc) is 2.77. The number of sulfonamides is 1. The summed E-state index contributed by atoms with van der Waals surface area (Å²) >= 11 is 0. The Morgan fingerprint density at radius 2 is 2.11 bits per heavy atom. The Labute approximate surface area is 159 Å². The van der Waals surface area contributed by atoms with Crippen LogP contribution >= 0.6 is 0 Å². The number of carbonyl (C=O) groups is 3. The average molecular weight is 398 g/mol. The van der Waals surface area contributed by atoms with Crippen molar-refractivity contribution in [3.05, 3.63) is 12.2 Å². The summed E-state index contributed by atoms with van der Waals surface area (Å²) < 4.78 is 26.4. The first kappa shape index (κ1) is 21.4. The second-order valence-electron chi connectivity index (χ2n) is 7.20. The molecule has 0 aromatic heterocycles. The van der Waals surface area contributed by atoms with E-state index in [9.17, 15) is 22.8 Å². The predicted molar refractivity (Wildman–Crippen MR) is 101 cm³/mol. The van der Waals surface area contributed by atoms with Gasteiger partial charge >= 0.3 is 0 Å². The van der Waals surface area contributed by atoms with Crippen molar-refractivity contribution in [2.45, 2.75) is 50.6 Å². The molecule has 1 saturated heterocycles. The zero-order chi connectivity index (χ0) is 20.2. The lowest BCUT2D eigenvalue weighted by molar-refractivity contribution is -0.128. The molecule has 0 saturated carbocycles. The SMILES string of the molecule is CC(C)C[C@H](N)C(=O)NC1CCCN(S(=O)(=O)C2N=CC=CC2=O)CC1=O. The normalized spacial score (nSPS) is 25.5. The summed E-state index contributed by atoms with van der Waals surface area (Å²) in [6.45, 7) is 3.56. The van der Waals surface area contributed by atoms with Gasteiger partial charge in [0.2, 0.25) is 21.3 Å². The molecule has 2 aliphatic rings. The molecule has 1 amide bonds. The minimum Gasteiger partial charge on any atom is -0.345 e. The third-order valence-electron chi connectivity index (χ3n) is 4.45. The fourth-order valence-electron chi connectivity index (χ4n) is 3.05. The summed E-state index contributed by atoms with van der Waals surface area (Å²) in [5.41, 5.74) is 5.84. The second kappa shape index (κ2) is 8.85. The zero-order valence-corrected chi connectivity index (χ0v) is 16.3. The van der Waals surface area contributed by atoms with Gasteiger partial charge in [-0.3, -0.25) is 19.4 Å². The highest BCUT2D eigenvalue weighted by Gasteiger charge is 2.39. The van der Waals surface area contributed by atoms with E-state index in [2.05, 4.69) is 10.3 Å². The number of hydrogen-bond acceptors (Lipinski definition) is 7.